The first-order chi connectivity index (χ1) is 9.50. The van der Waals surface area contributed by atoms with Crippen molar-refractivity contribution < 1.29 is 35.8 Å². The van der Waals surface area contributed by atoms with Crippen molar-refractivity contribution in [2.24, 2.45) is 0 Å². The number of phenols is 1. The highest BCUT2D eigenvalue weighted by Gasteiger charge is 2.73. The summed E-state index contributed by atoms with van der Waals surface area (Å²) >= 11 is 0. The van der Waals surface area contributed by atoms with Gasteiger partial charge in [-0.3, -0.25) is 0 Å². The third-order valence-corrected chi connectivity index (χ3v) is 2.99. The zero-order chi connectivity index (χ0) is 16.1. The van der Waals surface area contributed by atoms with Crippen molar-refractivity contribution in [3.8, 4) is 5.75 Å². The first kappa shape index (κ1) is 15.4. The summed E-state index contributed by atoms with van der Waals surface area (Å²) in [5, 5.41) is 8.65. The monoisotopic (exact) mass is 312 g/mol. The van der Waals surface area contributed by atoms with E-state index in [4.69, 9.17) is 0 Å². The summed E-state index contributed by atoms with van der Waals surface area (Å²) in [6, 6.07) is 5.59. The van der Waals surface area contributed by atoms with Crippen LogP contribution in [0.4, 0.5) is 30.7 Å². The minimum absolute atomic E-state index is 0.243. The van der Waals surface area contributed by atoms with Gasteiger partial charge in [0.05, 0.1) is 0 Å². The standard InChI is InChI=1S/C13H7F7O/c14-11(15,12(16,17)13(18,19)20)9-5-1-4-8-7(9)3-2-6-10(8)21/h1-6,21H. The number of fused-ring (bicyclic) bond motifs is 1. The Kier molecular flexibility index (Phi) is 3.30. The fourth-order valence-corrected chi connectivity index (χ4v) is 1.91. The molecule has 0 heterocycles. The Morgan fingerprint density at radius 2 is 1.24 bits per heavy atom. The lowest BCUT2D eigenvalue weighted by Gasteiger charge is -2.29. The zero-order valence-electron chi connectivity index (χ0n) is 10.1. The van der Waals surface area contributed by atoms with Gasteiger partial charge in [-0.25, -0.2) is 0 Å². The molecule has 0 aliphatic carbocycles. The highest BCUT2D eigenvalue weighted by molar-refractivity contribution is 5.91. The Morgan fingerprint density at radius 1 is 0.714 bits per heavy atom. The molecule has 0 saturated heterocycles. The normalized spacial score (nSPS) is 13.7. The van der Waals surface area contributed by atoms with Crippen molar-refractivity contribution in [3.63, 3.8) is 0 Å². The summed E-state index contributed by atoms with van der Waals surface area (Å²) in [7, 11) is 0. The van der Waals surface area contributed by atoms with Crippen LogP contribution >= 0.6 is 0 Å². The molecule has 0 aliphatic rings. The number of benzene rings is 2. The molecule has 0 aliphatic heterocycles. The van der Waals surface area contributed by atoms with Crippen LogP contribution in [0.5, 0.6) is 5.75 Å². The molecule has 0 fully saturated rings. The molecular weight excluding hydrogens is 305 g/mol. The lowest BCUT2D eigenvalue weighted by atomic mass is 9.95. The van der Waals surface area contributed by atoms with Gasteiger partial charge in [-0.05, 0) is 11.5 Å². The Morgan fingerprint density at radius 3 is 1.81 bits per heavy atom. The molecule has 1 nitrogen and oxygen atoms in total. The highest BCUT2D eigenvalue weighted by atomic mass is 19.4. The maximum absolute atomic E-state index is 13.7. The summed E-state index contributed by atoms with van der Waals surface area (Å²) in [6.45, 7) is 0. The van der Waals surface area contributed by atoms with E-state index in [1.165, 1.54) is 0 Å². The summed E-state index contributed by atoms with van der Waals surface area (Å²) in [6.07, 6.45) is -6.41. The maximum Gasteiger partial charge on any atom is 0.460 e. The minimum atomic E-state index is -6.41. The summed E-state index contributed by atoms with van der Waals surface area (Å²) in [5.74, 6) is -12.2. The molecule has 0 unspecified atom stereocenters. The number of alkyl halides is 7. The summed E-state index contributed by atoms with van der Waals surface area (Å²) < 4.78 is 90.3. The molecular formula is C13H7F7O. The minimum Gasteiger partial charge on any atom is -0.507 e. The first-order valence-electron chi connectivity index (χ1n) is 5.53. The smallest absolute Gasteiger partial charge is 0.460 e. The van der Waals surface area contributed by atoms with E-state index in [1.807, 2.05) is 0 Å². The van der Waals surface area contributed by atoms with E-state index in [1.54, 1.807) is 0 Å². The first-order valence-corrected chi connectivity index (χ1v) is 5.53. The largest absolute Gasteiger partial charge is 0.507 e. The summed E-state index contributed by atoms with van der Waals surface area (Å²) in [5.41, 5.74) is -1.50. The molecule has 0 aromatic heterocycles. The van der Waals surface area contributed by atoms with Gasteiger partial charge in [0.2, 0.25) is 0 Å². The van der Waals surface area contributed by atoms with Crippen LogP contribution in [-0.2, 0) is 5.92 Å². The topological polar surface area (TPSA) is 20.2 Å². The quantitative estimate of drug-likeness (QED) is 0.787. The molecule has 2 aromatic carbocycles. The van der Waals surface area contributed by atoms with Crippen LogP contribution in [0.3, 0.4) is 0 Å². The second kappa shape index (κ2) is 4.51. The third kappa shape index (κ3) is 2.18. The average Bonchev–Trinajstić information content (AvgIpc) is 2.37. The van der Waals surface area contributed by atoms with Crippen LogP contribution in [0.25, 0.3) is 10.8 Å². The zero-order valence-corrected chi connectivity index (χ0v) is 10.1. The molecule has 0 atom stereocenters. The van der Waals surface area contributed by atoms with Crippen LogP contribution < -0.4 is 0 Å². The van der Waals surface area contributed by atoms with E-state index in [2.05, 4.69) is 0 Å². The molecule has 0 saturated carbocycles. The molecule has 8 heteroatoms. The maximum atomic E-state index is 13.7. The van der Waals surface area contributed by atoms with E-state index < -0.39 is 34.7 Å². The van der Waals surface area contributed by atoms with Crippen molar-refractivity contribution in [2.45, 2.75) is 18.0 Å². The van der Waals surface area contributed by atoms with Crippen molar-refractivity contribution in [1.29, 1.82) is 0 Å². The molecule has 0 radical (unpaired) electrons. The average molecular weight is 312 g/mol. The Balaban J connectivity index is 2.74. The van der Waals surface area contributed by atoms with E-state index in [0.717, 1.165) is 30.3 Å². The Hall–Kier alpha value is -1.99. The van der Waals surface area contributed by atoms with Crippen molar-refractivity contribution >= 4 is 10.8 Å². The highest BCUT2D eigenvalue weighted by Crippen LogP contribution is 2.53. The number of halogens is 7. The number of hydrogen-bond acceptors (Lipinski definition) is 1. The lowest BCUT2D eigenvalue weighted by molar-refractivity contribution is -0.359. The molecule has 1 N–H and O–H groups in total. The van der Waals surface area contributed by atoms with Gasteiger partial charge in [0, 0.05) is 10.9 Å². The molecule has 2 rings (SSSR count). The number of hydrogen-bond donors (Lipinski definition) is 1. The van der Waals surface area contributed by atoms with Crippen LogP contribution in [0, 0.1) is 0 Å². The second-order valence-corrected chi connectivity index (χ2v) is 4.32. The van der Waals surface area contributed by atoms with Gasteiger partial charge in [-0.15, -0.1) is 0 Å². The van der Waals surface area contributed by atoms with Gasteiger partial charge >= 0.3 is 18.0 Å². The van der Waals surface area contributed by atoms with Gasteiger partial charge < -0.3 is 5.11 Å². The van der Waals surface area contributed by atoms with Gasteiger partial charge in [0.25, 0.3) is 0 Å². The van der Waals surface area contributed by atoms with Crippen molar-refractivity contribution in [2.75, 3.05) is 0 Å². The van der Waals surface area contributed by atoms with Gasteiger partial charge in [-0.1, -0.05) is 30.3 Å². The predicted molar refractivity (Wildman–Crippen MR) is 60.5 cm³/mol. The number of aromatic hydroxyl groups is 1. The van der Waals surface area contributed by atoms with Gasteiger partial charge in [0.15, 0.2) is 0 Å². The summed E-state index contributed by atoms with van der Waals surface area (Å²) in [4.78, 5) is 0. The fourth-order valence-electron chi connectivity index (χ4n) is 1.91. The SMILES string of the molecule is Oc1cccc2c(C(F)(F)C(F)(F)C(F)(F)F)cccc12. The van der Waals surface area contributed by atoms with Crippen LogP contribution in [0.1, 0.15) is 5.56 Å². The van der Waals surface area contributed by atoms with Crippen LogP contribution in [0.15, 0.2) is 36.4 Å². The van der Waals surface area contributed by atoms with E-state index in [0.29, 0.717) is 6.07 Å². The number of rotatable bonds is 2. The van der Waals surface area contributed by atoms with Crippen molar-refractivity contribution in [3.05, 3.63) is 42.0 Å². The molecule has 114 valence electrons. The fraction of sp³-hybridized carbons (Fsp3) is 0.231. The predicted octanol–water partition coefficient (Wildman–Crippen LogP) is 4.83. The van der Waals surface area contributed by atoms with Crippen LogP contribution in [-0.4, -0.2) is 17.2 Å². The Labute approximate surface area is 113 Å². The lowest BCUT2D eigenvalue weighted by Crippen LogP contribution is -2.50. The van der Waals surface area contributed by atoms with E-state index >= 15 is 0 Å². The molecule has 0 spiro atoms. The molecule has 0 amide bonds. The number of phenolic OH excluding ortho intramolecular Hbond substituents is 1. The third-order valence-electron chi connectivity index (χ3n) is 2.99. The van der Waals surface area contributed by atoms with Crippen LogP contribution in [0.2, 0.25) is 0 Å². The van der Waals surface area contributed by atoms with E-state index in [9.17, 15) is 35.8 Å². The van der Waals surface area contributed by atoms with Gasteiger partial charge in [0.1, 0.15) is 5.75 Å². The van der Waals surface area contributed by atoms with E-state index in [-0.39, 0.29) is 5.39 Å². The molecule has 0 bridgehead atoms. The van der Waals surface area contributed by atoms with Gasteiger partial charge in [-0.2, -0.15) is 30.7 Å². The van der Waals surface area contributed by atoms with Crippen molar-refractivity contribution in [1.82, 2.24) is 0 Å². The molecule has 21 heavy (non-hydrogen) atoms. The molecule has 2 aromatic rings. The second-order valence-electron chi connectivity index (χ2n) is 4.32. The Bertz CT molecular complexity index is 676.